The van der Waals surface area contributed by atoms with Crippen LogP contribution < -0.4 is 5.32 Å². The summed E-state index contributed by atoms with van der Waals surface area (Å²) in [6.45, 7) is 1.50. The molecular weight excluding hydrogens is 302 g/mol. The lowest BCUT2D eigenvalue weighted by molar-refractivity contribution is 0.0953. The SMILES string of the molecule is O=C(NCCc1nnc2n1CCCCC2)c1ccnc(Cl)c1. The number of carbonyl (C=O) groups excluding carboxylic acids is 1. The Bertz CT molecular complexity index is 670. The van der Waals surface area contributed by atoms with Crippen molar-refractivity contribution in [3.05, 3.63) is 40.7 Å². The van der Waals surface area contributed by atoms with Crippen LogP contribution in [-0.4, -0.2) is 32.2 Å². The average molecular weight is 320 g/mol. The normalized spacial score (nSPS) is 14.2. The zero-order valence-corrected chi connectivity index (χ0v) is 13.0. The lowest BCUT2D eigenvalue weighted by Gasteiger charge is -2.08. The molecule has 0 radical (unpaired) electrons. The van der Waals surface area contributed by atoms with Gasteiger partial charge in [-0.1, -0.05) is 18.0 Å². The number of aryl methyl sites for hydroxylation is 1. The highest BCUT2D eigenvalue weighted by atomic mass is 35.5. The molecule has 7 heteroatoms. The summed E-state index contributed by atoms with van der Waals surface area (Å²) in [4.78, 5) is 15.9. The monoisotopic (exact) mass is 319 g/mol. The van der Waals surface area contributed by atoms with Crippen molar-refractivity contribution in [2.45, 2.75) is 38.6 Å². The third-order valence-corrected chi connectivity index (χ3v) is 4.02. The van der Waals surface area contributed by atoms with Crippen LogP contribution in [0.15, 0.2) is 18.3 Å². The largest absolute Gasteiger partial charge is 0.352 e. The Hall–Kier alpha value is -1.95. The molecule has 0 saturated heterocycles. The number of carbonyl (C=O) groups is 1. The highest BCUT2D eigenvalue weighted by Crippen LogP contribution is 2.14. The molecule has 6 nitrogen and oxygen atoms in total. The number of aromatic nitrogens is 4. The van der Waals surface area contributed by atoms with E-state index in [2.05, 4.69) is 25.1 Å². The maximum absolute atomic E-state index is 12.0. The highest BCUT2D eigenvalue weighted by molar-refractivity contribution is 6.29. The van der Waals surface area contributed by atoms with Crippen LogP contribution >= 0.6 is 11.6 Å². The Kier molecular flexibility index (Phi) is 4.68. The fourth-order valence-electron chi connectivity index (χ4n) is 2.66. The van der Waals surface area contributed by atoms with E-state index in [9.17, 15) is 4.79 Å². The van der Waals surface area contributed by atoms with Gasteiger partial charge in [0.05, 0.1) is 0 Å². The minimum Gasteiger partial charge on any atom is -0.352 e. The molecule has 3 rings (SSSR count). The van der Waals surface area contributed by atoms with Gasteiger partial charge in [-0.2, -0.15) is 0 Å². The number of pyridine rings is 1. The first-order chi connectivity index (χ1) is 10.7. The van der Waals surface area contributed by atoms with Gasteiger partial charge < -0.3 is 9.88 Å². The Morgan fingerprint density at radius 1 is 1.32 bits per heavy atom. The molecule has 0 atom stereocenters. The van der Waals surface area contributed by atoms with Gasteiger partial charge in [-0.25, -0.2) is 4.98 Å². The highest BCUT2D eigenvalue weighted by Gasteiger charge is 2.14. The standard InChI is InChI=1S/C15H18ClN5O/c16-12-10-11(5-7-17-12)15(22)18-8-6-14-20-19-13-4-2-1-3-9-21(13)14/h5,7,10H,1-4,6,8-9H2,(H,18,22). The van der Waals surface area contributed by atoms with Gasteiger partial charge in [-0.3, -0.25) is 4.79 Å². The third kappa shape index (κ3) is 3.44. The minimum absolute atomic E-state index is 0.153. The molecule has 0 aromatic carbocycles. The molecule has 22 heavy (non-hydrogen) atoms. The number of rotatable bonds is 4. The summed E-state index contributed by atoms with van der Waals surface area (Å²) in [6, 6.07) is 3.20. The Morgan fingerprint density at radius 3 is 3.09 bits per heavy atom. The zero-order chi connectivity index (χ0) is 15.4. The van der Waals surface area contributed by atoms with Crippen LogP contribution in [0.1, 0.15) is 41.3 Å². The van der Waals surface area contributed by atoms with Crippen molar-refractivity contribution in [3.8, 4) is 0 Å². The molecule has 1 aliphatic heterocycles. The van der Waals surface area contributed by atoms with Gasteiger partial charge in [-0.15, -0.1) is 10.2 Å². The third-order valence-electron chi connectivity index (χ3n) is 3.81. The lowest BCUT2D eigenvalue weighted by atomic mass is 10.2. The average Bonchev–Trinajstić information content (AvgIpc) is 2.75. The summed E-state index contributed by atoms with van der Waals surface area (Å²) in [5.41, 5.74) is 0.514. The summed E-state index contributed by atoms with van der Waals surface area (Å²) < 4.78 is 2.20. The first-order valence-electron chi connectivity index (χ1n) is 7.55. The number of halogens is 1. The van der Waals surface area contributed by atoms with Crippen LogP contribution in [-0.2, 0) is 19.4 Å². The van der Waals surface area contributed by atoms with E-state index in [0.29, 0.717) is 23.7 Å². The van der Waals surface area contributed by atoms with E-state index in [-0.39, 0.29) is 5.91 Å². The van der Waals surface area contributed by atoms with E-state index in [0.717, 1.165) is 24.6 Å². The first-order valence-corrected chi connectivity index (χ1v) is 7.92. The fraction of sp³-hybridized carbons (Fsp3) is 0.467. The topological polar surface area (TPSA) is 72.7 Å². The molecule has 116 valence electrons. The number of fused-ring (bicyclic) bond motifs is 1. The van der Waals surface area contributed by atoms with Gasteiger partial charge in [0.2, 0.25) is 0 Å². The number of hydrogen-bond acceptors (Lipinski definition) is 4. The Balaban J connectivity index is 1.57. The molecule has 2 aromatic rings. The zero-order valence-electron chi connectivity index (χ0n) is 12.3. The molecule has 1 amide bonds. The molecule has 3 heterocycles. The maximum atomic E-state index is 12.0. The van der Waals surface area contributed by atoms with Crippen molar-refractivity contribution in [2.24, 2.45) is 0 Å². The van der Waals surface area contributed by atoms with E-state index in [1.165, 1.54) is 25.5 Å². The summed E-state index contributed by atoms with van der Waals surface area (Å²) in [6.07, 6.45) is 6.78. The van der Waals surface area contributed by atoms with Crippen LogP contribution in [0.3, 0.4) is 0 Å². The molecule has 0 saturated carbocycles. The van der Waals surface area contributed by atoms with Crippen molar-refractivity contribution in [1.29, 1.82) is 0 Å². The van der Waals surface area contributed by atoms with E-state index < -0.39 is 0 Å². The van der Waals surface area contributed by atoms with Crippen LogP contribution in [0.5, 0.6) is 0 Å². The maximum Gasteiger partial charge on any atom is 0.251 e. The minimum atomic E-state index is -0.153. The summed E-state index contributed by atoms with van der Waals surface area (Å²) >= 11 is 5.79. The van der Waals surface area contributed by atoms with E-state index in [1.54, 1.807) is 12.1 Å². The van der Waals surface area contributed by atoms with E-state index in [4.69, 9.17) is 11.6 Å². The van der Waals surface area contributed by atoms with Crippen LogP contribution in [0.2, 0.25) is 5.15 Å². The molecule has 1 N–H and O–H groups in total. The first kappa shape index (κ1) is 15.0. The van der Waals surface area contributed by atoms with Gasteiger partial charge in [0.15, 0.2) is 0 Å². The van der Waals surface area contributed by atoms with Gasteiger partial charge in [0, 0.05) is 37.7 Å². The number of hydrogen-bond donors (Lipinski definition) is 1. The van der Waals surface area contributed by atoms with Crippen molar-refractivity contribution in [2.75, 3.05) is 6.54 Å². The van der Waals surface area contributed by atoms with Gasteiger partial charge in [0.25, 0.3) is 5.91 Å². The quantitative estimate of drug-likeness (QED) is 0.875. The van der Waals surface area contributed by atoms with Gasteiger partial charge >= 0.3 is 0 Å². The van der Waals surface area contributed by atoms with Crippen LogP contribution in [0.25, 0.3) is 0 Å². The Labute approximate surface area is 133 Å². The smallest absolute Gasteiger partial charge is 0.251 e. The van der Waals surface area contributed by atoms with Crippen molar-refractivity contribution in [3.63, 3.8) is 0 Å². The molecule has 0 bridgehead atoms. The fourth-order valence-corrected chi connectivity index (χ4v) is 2.84. The van der Waals surface area contributed by atoms with Crippen molar-refractivity contribution >= 4 is 17.5 Å². The van der Waals surface area contributed by atoms with E-state index in [1.807, 2.05) is 0 Å². The molecular formula is C15H18ClN5O. The number of nitrogens with one attached hydrogen (secondary N) is 1. The molecule has 1 aliphatic rings. The lowest BCUT2D eigenvalue weighted by Crippen LogP contribution is -2.26. The number of amides is 1. The molecule has 2 aromatic heterocycles. The van der Waals surface area contributed by atoms with Gasteiger partial charge in [0.1, 0.15) is 16.8 Å². The second-order valence-corrected chi connectivity index (χ2v) is 5.76. The summed E-state index contributed by atoms with van der Waals surface area (Å²) in [5, 5.41) is 11.7. The van der Waals surface area contributed by atoms with Crippen molar-refractivity contribution in [1.82, 2.24) is 25.1 Å². The summed E-state index contributed by atoms with van der Waals surface area (Å²) in [7, 11) is 0. The second kappa shape index (κ2) is 6.87. The molecule has 0 fully saturated rings. The second-order valence-electron chi connectivity index (χ2n) is 5.37. The molecule has 0 unspecified atom stereocenters. The van der Waals surface area contributed by atoms with Crippen LogP contribution in [0, 0.1) is 0 Å². The van der Waals surface area contributed by atoms with Crippen LogP contribution in [0.4, 0.5) is 0 Å². The Morgan fingerprint density at radius 2 is 2.23 bits per heavy atom. The number of nitrogens with zero attached hydrogens (tertiary/aromatic N) is 4. The van der Waals surface area contributed by atoms with Crippen molar-refractivity contribution < 1.29 is 4.79 Å². The van der Waals surface area contributed by atoms with E-state index >= 15 is 0 Å². The summed E-state index contributed by atoms with van der Waals surface area (Å²) in [5.74, 6) is 1.87. The van der Waals surface area contributed by atoms with Gasteiger partial charge in [-0.05, 0) is 25.0 Å². The molecule has 0 aliphatic carbocycles. The predicted molar refractivity (Wildman–Crippen MR) is 82.9 cm³/mol. The molecule has 0 spiro atoms. The predicted octanol–water partition coefficient (Wildman–Crippen LogP) is 2.03.